The number of nitrogens with zero attached hydrogens (tertiary/aromatic N) is 1. The van der Waals surface area contributed by atoms with Crippen molar-refractivity contribution in [3.8, 4) is 0 Å². The van der Waals surface area contributed by atoms with Crippen LogP contribution in [0, 0.1) is 0 Å². The van der Waals surface area contributed by atoms with Crippen molar-refractivity contribution in [1.29, 1.82) is 0 Å². The van der Waals surface area contributed by atoms with Crippen LogP contribution in [-0.4, -0.2) is 51.0 Å². The fourth-order valence-electron chi connectivity index (χ4n) is 2.28. The van der Waals surface area contributed by atoms with Crippen molar-refractivity contribution in [1.82, 2.24) is 4.37 Å². The number of anilines is 2. The molecular weight excluding hydrogens is 314 g/mol. The van der Waals surface area contributed by atoms with Crippen LogP contribution in [0.5, 0.6) is 0 Å². The molecular formula is C12H21N3O4S2. The van der Waals surface area contributed by atoms with Gasteiger partial charge < -0.3 is 20.5 Å². The third-order valence-electron chi connectivity index (χ3n) is 3.53. The minimum atomic E-state index is -3.41. The van der Waals surface area contributed by atoms with Gasteiger partial charge in [-0.15, -0.1) is 0 Å². The summed E-state index contributed by atoms with van der Waals surface area (Å²) in [5, 5.41) is 3.60. The van der Waals surface area contributed by atoms with E-state index in [1.165, 1.54) is 0 Å². The van der Waals surface area contributed by atoms with Crippen LogP contribution in [0.3, 0.4) is 0 Å². The molecule has 2 heterocycles. The van der Waals surface area contributed by atoms with E-state index in [4.69, 9.17) is 15.2 Å². The number of hydrogen-bond donors (Lipinski definition) is 2. The van der Waals surface area contributed by atoms with Crippen molar-refractivity contribution in [3.05, 3.63) is 0 Å². The normalized spacial score (nSPS) is 22.6. The van der Waals surface area contributed by atoms with Crippen molar-refractivity contribution in [3.63, 3.8) is 0 Å². The van der Waals surface area contributed by atoms with Gasteiger partial charge in [0, 0.05) is 26.7 Å². The fraction of sp³-hybridized carbons (Fsp3) is 0.750. The van der Waals surface area contributed by atoms with Crippen molar-refractivity contribution in [2.75, 3.05) is 43.7 Å². The highest BCUT2D eigenvalue weighted by molar-refractivity contribution is 7.91. The molecule has 1 fully saturated rings. The molecule has 1 saturated heterocycles. The maximum atomic E-state index is 12.3. The number of nitrogen functional groups attached to an aromatic ring is 1. The van der Waals surface area contributed by atoms with Gasteiger partial charge in [0.2, 0.25) is 0 Å². The number of hydrogen-bond acceptors (Lipinski definition) is 8. The summed E-state index contributed by atoms with van der Waals surface area (Å²) in [5.74, 6) is 0.119. The SMILES string of the molecule is CCCS(=O)(=O)c1c(N)nsc1NCC1(OC)CCOC1. The molecule has 1 aliphatic heterocycles. The maximum Gasteiger partial charge on any atom is 0.185 e. The molecule has 7 nitrogen and oxygen atoms in total. The summed E-state index contributed by atoms with van der Waals surface area (Å²) < 4.78 is 39.4. The standard InChI is InChI=1S/C12H21N3O4S2/c1-3-6-21(16,17)9-10(13)15-20-11(9)14-7-12(18-2)4-5-19-8-12/h14H,3-8H2,1-2H3,(H2,13,15). The zero-order chi connectivity index (χ0) is 15.5. The highest BCUT2D eigenvalue weighted by atomic mass is 32.2. The average molecular weight is 335 g/mol. The fourth-order valence-corrected chi connectivity index (χ4v) is 4.90. The highest BCUT2D eigenvalue weighted by Crippen LogP contribution is 2.33. The Kier molecular flexibility index (Phi) is 5.07. The molecule has 21 heavy (non-hydrogen) atoms. The van der Waals surface area contributed by atoms with Gasteiger partial charge in [0.15, 0.2) is 15.7 Å². The first-order valence-electron chi connectivity index (χ1n) is 6.79. The number of ether oxygens (including phenoxy) is 2. The van der Waals surface area contributed by atoms with Crippen LogP contribution in [0.15, 0.2) is 4.90 Å². The van der Waals surface area contributed by atoms with E-state index in [0.29, 0.717) is 31.2 Å². The van der Waals surface area contributed by atoms with Gasteiger partial charge in [-0.3, -0.25) is 0 Å². The second-order valence-electron chi connectivity index (χ2n) is 5.09. The third-order valence-corrected chi connectivity index (χ3v) is 6.46. The van der Waals surface area contributed by atoms with E-state index < -0.39 is 15.4 Å². The first-order chi connectivity index (χ1) is 9.94. The summed E-state index contributed by atoms with van der Waals surface area (Å²) >= 11 is 1.06. The lowest BCUT2D eigenvalue weighted by molar-refractivity contribution is -0.00618. The Hall–Kier alpha value is -0.900. The van der Waals surface area contributed by atoms with Gasteiger partial charge in [0.25, 0.3) is 0 Å². The predicted molar refractivity (Wildman–Crippen MR) is 82.5 cm³/mol. The summed E-state index contributed by atoms with van der Waals surface area (Å²) in [6, 6.07) is 0. The highest BCUT2D eigenvalue weighted by Gasteiger charge is 2.35. The van der Waals surface area contributed by atoms with Crippen LogP contribution < -0.4 is 11.1 Å². The van der Waals surface area contributed by atoms with Gasteiger partial charge in [-0.2, -0.15) is 4.37 Å². The zero-order valence-corrected chi connectivity index (χ0v) is 13.8. The van der Waals surface area contributed by atoms with Crippen LogP contribution in [0.25, 0.3) is 0 Å². The second kappa shape index (κ2) is 6.47. The van der Waals surface area contributed by atoms with Crippen molar-refractivity contribution < 1.29 is 17.9 Å². The van der Waals surface area contributed by atoms with Crippen molar-refractivity contribution in [2.45, 2.75) is 30.3 Å². The number of nitrogens with one attached hydrogen (secondary N) is 1. The molecule has 9 heteroatoms. The van der Waals surface area contributed by atoms with Gasteiger partial charge in [0.05, 0.1) is 12.4 Å². The Labute approximate surface area is 128 Å². The molecule has 0 spiro atoms. The van der Waals surface area contributed by atoms with Gasteiger partial charge in [-0.1, -0.05) is 6.92 Å². The largest absolute Gasteiger partial charge is 0.382 e. The summed E-state index contributed by atoms with van der Waals surface area (Å²) in [4.78, 5) is 0.111. The molecule has 0 saturated carbocycles. The Morgan fingerprint density at radius 3 is 2.90 bits per heavy atom. The Morgan fingerprint density at radius 1 is 1.57 bits per heavy atom. The number of rotatable bonds is 7. The number of nitrogens with two attached hydrogens (primary N) is 1. The van der Waals surface area contributed by atoms with E-state index in [1.54, 1.807) is 7.11 Å². The number of sulfone groups is 1. The van der Waals surface area contributed by atoms with Crippen LogP contribution in [0.1, 0.15) is 19.8 Å². The van der Waals surface area contributed by atoms with Gasteiger partial charge in [0.1, 0.15) is 15.5 Å². The summed E-state index contributed by atoms with van der Waals surface area (Å²) in [7, 11) is -1.78. The second-order valence-corrected chi connectivity index (χ2v) is 7.91. The molecule has 2 rings (SSSR count). The Bertz CT molecular complexity index is 579. The van der Waals surface area contributed by atoms with Crippen molar-refractivity contribution in [2.24, 2.45) is 0 Å². The first kappa shape index (κ1) is 16.5. The van der Waals surface area contributed by atoms with Crippen LogP contribution >= 0.6 is 11.5 Å². The first-order valence-corrected chi connectivity index (χ1v) is 9.21. The summed E-state index contributed by atoms with van der Waals surface area (Å²) in [5.41, 5.74) is 5.31. The molecule has 1 aromatic rings. The maximum absolute atomic E-state index is 12.3. The van der Waals surface area contributed by atoms with E-state index in [9.17, 15) is 8.42 Å². The lowest BCUT2D eigenvalue weighted by Crippen LogP contribution is -2.39. The summed E-state index contributed by atoms with van der Waals surface area (Å²) in [6.07, 6.45) is 1.30. The minimum absolute atomic E-state index is 0.0584. The van der Waals surface area contributed by atoms with E-state index in [-0.39, 0.29) is 16.5 Å². The topological polar surface area (TPSA) is 104 Å². The van der Waals surface area contributed by atoms with Crippen LogP contribution in [-0.2, 0) is 19.3 Å². The molecule has 1 atom stereocenters. The van der Waals surface area contributed by atoms with E-state index in [0.717, 1.165) is 18.0 Å². The molecule has 0 aliphatic carbocycles. The molecule has 120 valence electrons. The van der Waals surface area contributed by atoms with Crippen LogP contribution in [0.4, 0.5) is 10.8 Å². The monoisotopic (exact) mass is 335 g/mol. The molecule has 0 radical (unpaired) electrons. The minimum Gasteiger partial charge on any atom is -0.382 e. The molecule has 0 amide bonds. The summed E-state index contributed by atoms with van der Waals surface area (Å²) in [6.45, 7) is 3.40. The van der Waals surface area contributed by atoms with Gasteiger partial charge in [-0.05, 0) is 18.0 Å². The van der Waals surface area contributed by atoms with Crippen molar-refractivity contribution >= 4 is 32.2 Å². The van der Waals surface area contributed by atoms with E-state index >= 15 is 0 Å². The smallest absolute Gasteiger partial charge is 0.185 e. The Balaban J connectivity index is 2.18. The molecule has 0 bridgehead atoms. The molecule has 1 aromatic heterocycles. The predicted octanol–water partition coefficient (Wildman–Crippen LogP) is 1.13. The number of aromatic nitrogens is 1. The van der Waals surface area contributed by atoms with Gasteiger partial charge >= 0.3 is 0 Å². The van der Waals surface area contributed by atoms with Crippen LogP contribution in [0.2, 0.25) is 0 Å². The van der Waals surface area contributed by atoms with Gasteiger partial charge in [-0.25, -0.2) is 8.42 Å². The lowest BCUT2D eigenvalue weighted by Gasteiger charge is -2.26. The Morgan fingerprint density at radius 2 is 2.33 bits per heavy atom. The van der Waals surface area contributed by atoms with E-state index in [1.807, 2.05) is 6.92 Å². The molecule has 0 aromatic carbocycles. The molecule has 1 unspecified atom stereocenters. The quantitative estimate of drug-likeness (QED) is 0.769. The van der Waals surface area contributed by atoms with E-state index in [2.05, 4.69) is 9.69 Å². The molecule has 3 N–H and O–H groups in total. The number of methoxy groups -OCH3 is 1. The lowest BCUT2D eigenvalue weighted by atomic mass is 10.0. The third kappa shape index (κ3) is 3.47. The average Bonchev–Trinajstić information content (AvgIpc) is 3.04. The zero-order valence-electron chi connectivity index (χ0n) is 12.2. The molecule has 1 aliphatic rings.